The Morgan fingerprint density at radius 2 is 0.563 bits per heavy atom. The quantitative estimate of drug-likeness (QED) is 0.0412. The van der Waals surface area contributed by atoms with Gasteiger partial charge in [-0.2, -0.15) is 15.0 Å². The molecule has 21 heterocycles. The van der Waals surface area contributed by atoms with Crippen molar-refractivity contribution in [1.29, 1.82) is 0 Å². The molecular weight excluding hydrogens is 2000 g/mol. The van der Waals surface area contributed by atoms with Crippen LogP contribution in [-0.2, 0) is 137 Å². The van der Waals surface area contributed by atoms with Crippen molar-refractivity contribution in [3.63, 3.8) is 0 Å². The molecule has 714 valence electrons. The lowest BCUT2D eigenvalue weighted by molar-refractivity contribution is -0.218. The zero-order chi connectivity index (χ0) is 95.5. The third kappa shape index (κ3) is 18.4. The Kier molecular flexibility index (Phi) is 25.4. The van der Waals surface area contributed by atoms with Crippen LogP contribution in [0.1, 0.15) is 37.4 Å². The number of ether oxygens (including phenoxy) is 6. The number of hydrogen-bond donors (Lipinski definition) is 9. The maximum atomic E-state index is 16.0. The average molecular weight is 2060 g/mol. The number of fused-ring (bicyclic) bond motifs is 12. The molecule has 9 saturated heterocycles. The van der Waals surface area contributed by atoms with E-state index in [2.05, 4.69) is 89.7 Å². The number of aromatic amines is 3. The van der Waals surface area contributed by atoms with E-state index in [-0.39, 0.29) is 102 Å². The SMILES string of the molecule is [B][P@@]1(=O)OC[C@H]2O[C@@H](n3cnc4c(=O)[nH]c(N)nc43)[C@@H](F)C2OP([O-])(=S)OC[C@H]2O[C@@H](n3cnc4c(N)ncnc43)[C@@H](F)C2O1.[B][P@]1(=O)OC[C@H]2O[C@@H](n3cnc4c(N)ncnc43)[C@@H](F)C2OP(=O)([S-])OC[C@H]2O[C@@H](n3cnc4c(=O)[nH]c(N)nc43)[C@@H](F)C2O1.[B][P@]1(=O)OC[C@H]2O[C@@H](n3cnc4c(N)ncnc43)[C@@H](F)C2OP([O-])(=S)OC[C@H]2O[C@@H](n3cnc4c(=O)[nH]c(N)nc43)[C@@H](F)C2O1. The molecule has 9 aliphatic rings. The highest BCUT2D eigenvalue weighted by Crippen LogP contribution is 2.59. The van der Waals surface area contributed by atoms with Crippen LogP contribution in [0.15, 0.2) is 71.3 Å². The number of H-pyrrole nitrogens is 3. The Bertz CT molecular complexity index is 6510. The highest BCUT2D eigenvalue weighted by molar-refractivity contribution is 8.32. The standard InChI is InChI=1S/3C20H21BF2N10O9P2S/c2*21-43(35)37-1-6-13(9(23)18(39-6)32-4-28-10-14(24)26-3-27-15(10)32)42-44(36,45)38-2-7-12(41-43)8(22)19(40-7)33-5-29-11-16(33)30-20(25)31-17(11)34;21-43(35)37-1-6-13(9(23)19(39-6)33-5-29-11-16(33)30-20(25)31-17(11)34)42-44(36,45)38-2-7-12(41-43)8(22)18(40-7)32-4-28-10-14(24)26-3-27-15(10)32/h3*3-9,12-13,18-19H,1-2H2,(H,36,45)(H2,24,26,27)(H3,25,30,31,34)/p-3/t2*6-,7-,8+,9+,12?,13?,18-,19-,43+,44?;6-,7-,8+,9+,12?,13?,18-,19-,43-,44?/m111/s1. The van der Waals surface area contributed by atoms with Crippen molar-refractivity contribution in [3.05, 3.63) is 88.0 Å². The molecule has 21 rings (SSSR count). The van der Waals surface area contributed by atoms with E-state index in [1.54, 1.807) is 0 Å². The van der Waals surface area contributed by atoms with Gasteiger partial charge in [-0.1, -0.05) is 23.6 Å². The van der Waals surface area contributed by atoms with Crippen LogP contribution in [0.2, 0.25) is 0 Å². The molecule has 57 nitrogen and oxygen atoms in total. The van der Waals surface area contributed by atoms with Gasteiger partial charge in [0.15, 0.2) is 149 Å². The average Bonchev–Trinajstić information content (AvgIpc) is 1.63. The molecule has 6 radical (unpaired) electrons. The smallest absolute Gasteiger partial charge is 0.280 e. The van der Waals surface area contributed by atoms with Crippen LogP contribution in [0.5, 0.6) is 0 Å². The maximum absolute atomic E-state index is 16.0. The fourth-order valence-corrected chi connectivity index (χ4v) is 23.1. The summed E-state index contributed by atoms with van der Waals surface area (Å²) in [6.45, 7) is -18.2. The van der Waals surface area contributed by atoms with Crippen molar-refractivity contribution in [2.24, 2.45) is 0 Å². The monoisotopic (exact) mass is 2060 g/mol. The minimum absolute atomic E-state index is 0.0266. The van der Waals surface area contributed by atoms with Gasteiger partial charge in [-0.25, -0.2) is 86.2 Å². The summed E-state index contributed by atoms with van der Waals surface area (Å²) in [6.07, 6.45) is -30.9. The summed E-state index contributed by atoms with van der Waals surface area (Å²) >= 11 is 15.0. The molecular formula is C60H60B3F6N30O27P6S3-3. The Hall–Kier alpha value is -8.96. The lowest BCUT2D eigenvalue weighted by Gasteiger charge is -2.35. The number of nitrogens with two attached hydrogens (primary N) is 6. The largest absolute Gasteiger partial charge is 0.780 e. The zero-order valence-corrected chi connectivity index (χ0v) is 74.9. The molecule has 15 N–H and O–H groups in total. The number of nitrogen functional groups attached to an aromatic ring is 6. The number of anilines is 6. The van der Waals surface area contributed by atoms with Crippen LogP contribution in [0.3, 0.4) is 0 Å². The van der Waals surface area contributed by atoms with E-state index in [9.17, 15) is 42.4 Å². The lowest BCUT2D eigenvalue weighted by atomic mass is 10.1. The summed E-state index contributed by atoms with van der Waals surface area (Å²) in [5, 5.41) is 0. The predicted molar refractivity (Wildman–Crippen MR) is 448 cm³/mol. The van der Waals surface area contributed by atoms with Gasteiger partial charge in [0.2, 0.25) is 40.5 Å². The number of imidazole rings is 6. The second kappa shape index (κ2) is 36.0. The molecule has 0 aromatic carbocycles. The fraction of sp³-hybridized carbons (Fsp3) is 0.500. The van der Waals surface area contributed by atoms with Crippen LogP contribution in [0.4, 0.5) is 61.6 Å². The Labute approximate surface area is 763 Å². The molecule has 75 heteroatoms. The molecule has 0 spiro atoms. The number of rotatable bonds is 6. The molecule has 9 unspecified atom stereocenters. The van der Waals surface area contributed by atoms with E-state index in [1.165, 1.54) is 32.7 Å². The number of hydrogen-bond acceptors (Lipinski definition) is 51. The maximum Gasteiger partial charge on any atom is 0.280 e. The highest BCUT2D eigenvalue weighted by atomic mass is 32.7. The van der Waals surface area contributed by atoms with Crippen molar-refractivity contribution < 1.29 is 137 Å². The second-order valence-corrected chi connectivity index (χ2v) is 43.0. The molecule has 0 bridgehead atoms. The Balaban J connectivity index is 0.000000130. The van der Waals surface area contributed by atoms with E-state index in [0.717, 1.165) is 51.7 Å². The van der Waals surface area contributed by atoms with E-state index < -0.39 is 247 Å². The van der Waals surface area contributed by atoms with Crippen LogP contribution in [-0.4, -0.2) is 290 Å². The van der Waals surface area contributed by atoms with Gasteiger partial charge in [-0.3, -0.25) is 75.0 Å². The van der Waals surface area contributed by atoms with Gasteiger partial charge in [0.05, 0.1) is 77.6 Å². The van der Waals surface area contributed by atoms with E-state index >= 15 is 26.3 Å². The molecule has 12 aromatic heterocycles. The van der Waals surface area contributed by atoms with Gasteiger partial charge >= 0.3 is 0 Å². The Morgan fingerprint density at radius 1 is 0.341 bits per heavy atom. The van der Waals surface area contributed by atoms with Gasteiger partial charge in [-0.15, -0.1) is 0 Å². The molecule has 12 aromatic rings. The van der Waals surface area contributed by atoms with Crippen molar-refractivity contribution in [2.75, 3.05) is 74.0 Å². The van der Waals surface area contributed by atoms with Crippen LogP contribution in [0.25, 0.3) is 67.0 Å². The normalized spacial score (nSPS) is 37.7. The summed E-state index contributed by atoms with van der Waals surface area (Å²) in [4.78, 5) is 129. The van der Waals surface area contributed by atoms with Crippen LogP contribution in [0, 0.1) is 0 Å². The number of nitrogens with one attached hydrogen (secondary N) is 3. The predicted octanol–water partition coefficient (Wildman–Crippen LogP) is -1.11. The third-order valence-electron chi connectivity index (χ3n) is 21.8. The van der Waals surface area contributed by atoms with Crippen LogP contribution < -0.4 is 60.9 Å². The first-order valence-electron chi connectivity index (χ1n) is 38.7. The second-order valence-electron chi connectivity index (χ2n) is 30.3. The minimum Gasteiger partial charge on any atom is -0.780 e. The third-order valence-corrected chi connectivity index (χ3v) is 29.5. The summed E-state index contributed by atoms with van der Waals surface area (Å²) in [5.74, 6) is -0.758. The molecule has 135 heavy (non-hydrogen) atoms. The number of nitrogens with zero attached hydrogens (tertiary/aromatic N) is 21. The van der Waals surface area contributed by atoms with Gasteiger partial charge in [0.1, 0.15) is 122 Å². The zero-order valence-electron chi connectivity index (χ0n) is 67.1. The first kappa shape index (κ1) is 95.0. The molecule has 0 amide bonds. The Morgan fingerprint density at radius 3 is 0.830 bits per heavy atom. The first-order chi connectivity index (χ1) is 63.9. The van der Waals surface area contributed by atoms with Gasteiger partial charge in [0.25, 0.3) is 39.1 Å². The summed E-state index contributed by atoms with van der Waals surface area (Å²) in [6, 6.07) is 0. The fourth-order valence-electron chi connectivity index (χ4n) is 15.8. The molecule has 9 fully saturated rings. The highest BCUT2D eigenvalue weighted by Gasteiger charge is 2.58. The van der Waals surface area contributed by atoms with E-state index in [4.69, 9.17) is 176 Å². The lowest BCUT2D eigenvalue weighted by Crippen LogP contribution is -2.38. The van der Waals surface area contributed by atoms with Crippen molar-refractivity contribution in [1.82, 2.24) is 117 Å². The molecule has 0 saturated carbocycles. The first-order valence-corrected chi connectivity index (χ1v) is 51.3. The van der Waals surface area contributed by atoms with E-state index in [0.29, 0.717) is 0 Å². The van der Waals surface area contributed by atoms with Gasteiger partial charge in [0, 0.05) is 0 Å². The molecule has 9 aliphatic heterocycles. The van der Waals surface area contributed by atoms with Gasteiger partial charge in [-0.05, 0) is 0 Å². The van der Waals surface area contributed by atoms with Crippen molar-refractivity contribution in [3.8, 4) is 0 Å². The molecule has 30 atom stereocenters. The van der Waals surface area contributed by atoms with E-state index in [1.807, 2.05) is 0 Å². The number of alkyl halides is 6. The minimum atomic E-state index is -4.64. The van der Waals surface area contributed by atoms with Crippen molar-refractivity contribution >= 4 is 203 Å². The topological polar surface area (TPSA) is 758 Å². The van der Waals surface area contributed by atoms with Gasteiger partial charge < -0.3 is 139 Å². The van der Waals surface area contributed by atoms with Crippen molar-refractivity contribution in [2.45, 2.75) is 148 Å². The number of aromatic nitrogens is 24. The number of halogens is 6. The van der Waals surface area contributed by atoms with Crippen LogP contribution >= 0.6 is 42.7 Å². The summed E-state index contributed by atoms with van der Waals surface area (Å²) in [5.41, 5.74) is 32.1. The summed E-state index contributed by atoms with van der Waals surface area (Å²) in [7, 11) is 3.51. The molecule has 0 aliphatic carbocycles. The summed E-state index contributed by atoms with van der Waals surface area (Å²) < 4.78 is 254.